The van der Waals surface area contributed by atoms with Gasteiger partial charge in [-0.2, -0.15) is 0 Å². The summed E-state index contributed by atoms with van der Waals surface area (Å²) in [6.45, 7) is 3.84. The fraction of sp³-hybridized carbons (Fsp3) is 0.154. The zero-order valence-electron chi connectivity index (χ0n) is 9.79. The van der Waals surface area contributed by atoms with Crippen molar-refractivity contribution in [3.8, 4) is 0 Å². The van der Waals surface area contributed by atoms with Crippen molar-refractivity contribution < 1.29 is 9.90 Å². The molecule has 0 unspecified atom stereocenters. The molecule has 0 bridgehead atoms. The summed E-state index contributed by atoms with van der Waals surface area (Å²) in [5, 5.41) is 8.38. The number of hydrogen-bond donors (Lipinski definition) is 1. The molecule has 4 heteroatoms. The topological polar surface area (TPSA) is 63.1 Å². The van der Waals surface area contributed by atoms with Gasteiger partial charge in [0.2, 0.25) is 0 Å². The number of nitrogens with zero attached hydrogens (tertiary/aromatic N) is 2. The summed E-state index contributed by atoms with van der Waals surface area (Å²) < 4.78 is 0. The smallest absolute Gasteiger partial charge is 0.335 e. The van der Waals surface area contributed by atoms with Gasteiger partial charge in [-0.1, -0.05) is 18.2 Å². The zero-order valence-corrected chi connectivity index (χ0v) is 9.79. The summed E-state index contributed by atoms with van der Waals surface area (Å²) in [7, 11) is 0. The number of carboxylic acids is 1. The highest BCUT2D eigenvalue weighted by Gasteiger charge is 1.96. The minimum Gasteiger partial charge on any atom is -0.478 e. The molecule has 17 heavy (non-hydrogen) atoms. The van der Waals surface area contributed by atoms with Crippen LogP contribution >= 0.6 is 0 Å². The zero-order chi connectivity index (χ0) is 12.7. The van der Waals surface area contributed by atoms with Crippen LogP contribution in [0.25, 0.3) is 0 Å². The Labute approximate surface area is 100.0 Å². The van der Waals surface area contributed by atoms with Gasteiger partial charge in [0.15, 0.2) is 0 Å². The molecule has 0 aliphatic heterocycles. The van der Waals surface area contributed by atoms with E-state index in [4.69, 9.17) is 5.11 Å². The van der Waals surface area contributed by atoms with Crippen LogP contribution in [0.4, 0.5) is 0 Å². The van der Waals surface area contributed by atoms with Crippen molar-refractivity contribution in [2.45, 2.75) is 13.8 Å². The highest BCUT2D eigenvalue weighted by atomic mass is 16.4. The van der Waals surface area contributed by atoms with Crippen LogP contribution in [0.5, 0.6) is 0 Å². The molecule has 0 saturated heterocycles. The summed E-state index contributed by atoms with van der Waals surface area (Å²) in [6, 6.07) is 10.2. The molecule has 1 aromatic carbocycles. The van der Waals surface area contributed by atoms with E-state index in [-0.39, 0.29) is 0 Å². The summed E-state index contributed by atoms with van der Waals surface area (Å²) in [5.74, 6) is -0.0411. The van der Waals surface area contributed by atoms with Crippen molar-refractivity contribution in [1.29, 1.82) is 0 Å². The Bertz CT molecular complexity index is 467. The van der Waals surface area contributed by atoms with Crippen LogP contribution in [0.1, 0.15) is 21.9 Å². The van der Waals surface area contributed by atoms with Gasteiger partial charge in [0.1, 0.15) is 5.82 Å². The Balaban J connectivity index is 0.000000171. The quantitative estimate of drug-likeness (QED) is 0.817. The molecule has 1 heterocycles. The minimum absolute atomic E-state index is 0.331. The number of rotatable bonds is 1. The van der Waals surface area contributed by atoms with Gasteiger partial charge in [0, 0.05) is 11.9 Å². The molecule has 0 fully saturated rings. The molecule has 0 aliphatic rings. The fourth-order valence-electron chi connectivity index (χ4n) is 1.16. The van der Waals surface area contributed by atoms with Crippen molar-refractivity contribution >= 4 is 5.97 Å². The van der Waals surface area contributed by atoms with Crippen molar-refractivity contribution in [1.82, 2.24) is 9.97 Å². The molecular formula is C13H14N2O2. The molecule has 88 valence electrons. The van der Waals surface area contributed by atoms with Gasteiger partial charge in [-0.25, -0.2) is 14.8 Å². The lowest BCUT2D eigenvalue weighted by Gasteiger charge is -1.89. The fourth-order valence-corrected chi connectivity index (χ4v) is 1.16. The highest BCUT2D eigenvalue weighted by molar-refractivity contribution is 5.87. The van der Waals surface area contributed by atoms with E-state index in [0.29, 0.717) is 5.56 Å². The van der Waals surface area contributed by atoms with Crippen LogP contribution in [0.3, 0.4) is 0 Å². The molecule has 0 atom stereocenters. The maximum atomic E-state index is 10.2. The molecule has 4 nitrogen and oxygen atoms in total. The molecule has 0 aliphatic carbocycles. The van der Waals surface area contributed by atoms with Gasteiger partial charge in [-0.05, 0) is 32.0 Å². The van der Waals surface area contributed by atoms with Crippen LogP contribution in [-0.2, 0) is 0 Å². The van der Waals surface area contributed by atoms with E-state index in [1.165, 1.54) is 0 Å². The first-order chi connectivity index (χ1) is 8.09. The number of benzene rings is 1. The lowest BCUT2D eigenvalue weighted by molar-refractivity contribution is 0.0697. The van der Waals surface area contributed by atoms with E-state index in [1.807, 2.05) is 19.9 Å². The van der Waals surface area contributed by atoms with Gasteiger partial charge in [0.25, 0.3) is 0 Å². The predicted molar refractivity (Wildman–Crippen MR) is 64.9 cm³/mol. The molecule has 0 spiro atoms. The molecular weight excluding hydrogens is 216 g/mol. The normalized spacial score (nSPS) is 9.06. The van der Waals surface area contributed by atoms with E-state index in [0.717, 1.165) is 11.5 Å². The molecule has 2 aromatic rings. The lowest BCUT2D eigenvalue weighted by atomic mass is 10.2. The molecule has 2 rings (SSSR count). The first kappa shape index (κ1) is 12.8. The van der Waals surface area contributed by atoms with Gasteiger partial charge in [0.05, 0.1) is 5.56 Å². The standard InChI is InChI=1S/C7H6O2.C6H8N2/c8-7(9)6-4-2-1-3-5-6;1-5-3-4-7-6(2)8-5/h1-5H,(H,8,9);3-4H,1-2H3. The Morgan fingerprint density at radius 3 is 2.12 bits per heavy atom. The van der Waals surface area contributed by atoms with E-state index in [2.05, 4.69) is 9.97 Å². The first-order valence-electron chi connectivity index (χ1n) is 5.14. The number of aromatic carboxylic acids is 1. The molecule has 1 N–H and O–H groups in total. The van der Waals surface area contributed by atoms with Crippen LogP contribution in [0.15, 0.2) is 42.6 Å². The highest BCUT2D eigenvalue weighted by Crippen LogP contribution is 1.96. The Kier molecular flexibility index (Phi) is 4.81. The SMILES string of the molecule is Cc1ccnc(C)n1.O=C(O)c1ccccc1. The van der Waals surface area contributed by atoms with Crippen LogP contribution in [-0.4, -0.2) is 21.0 Å². The second-order valence-electron chi connectivity index (χ2n) is 3.42. The number of aryl methyl sites for hydroxylation is 2. The molecule has 0 radical (unpaired) electrons. The summed E-state index contributed by atoms with van der Waals surface area (Å²) in [5.41, 5.74) is 1.36. The van der Waals surface area contributed by atoms with Crippen molar-refractivity contribution in [2.75, 3.05) is 0 Å². The van der Waals surface area contributed by atoms with Gasteiger partial charge in [-0.15, -0.1) is 0 Å². The largest absolute Gasteiger partial charge is 0.478 e. The Morgan fingerprint density at radius 1 is 1.12 bits per heavy atom. The third kappa shape index (κ3) is 4.88. The van der Waals surface area contributed by atoms with E-state index >= 15 is 0 Å². The minimum atomic E-state index is -0.879. The van der Waals surface area contributed by atoms with Crippen LogP contribution in [0, 0.1) is 13.8 Å². The van der Waals surface area contributed by atoms with Gasteiger partial charge < -0.3 is 5.11 Å². The average molecular weight is 230 g/mol. The van der Waals surface area contributed by atoms with Gasteiger partial charge >= 0.3 is 5.97 Å². The van der Waals surface area contributed by atoms with E-state index in [9.17, 15) is 4.79 Å². The number of carbonyl (C=O) groups is 1. The number of aromatic nitrogens is 2. The maximum absolute atomic E-state index is 10.2. The van der Waals surface area contributed by atoms with E-state index in [1.54, 1.807) is 36.5 Å². The third-order valence-electron chi connectivity index (χ3n) is 1.94. The third-order valence-corrected chi connectivity index (χ3v) is 1.94. The predicted octanol–water partition coefficient (Wildman–Crippen LogP) is 2.48. The monoisotopic (exact) mass is 230 g/mol. The summed E-state index contributed by atoms with van der Waals surface area (Å²) in [4.78, 5) is 18.2. The van der Waals surface area contributed by atoms with Crippen LogP contribution in [0.2, 0.25) is 0 Å². The second kappa shape index (κ2) is 6.37. The average Bonchev–Trinajstić information content (AvgIpc) is 2.30. The van der Waals surface area contributed by atoms with Crippen molar-refractivity contribution in [2.24, 2.45) is 0 Å². The first-order valence-corrected chi connectivity index (χ1v) is 5.14. The van der Waals surface area contributed by atoms with Gasteiger partial charge in [-0.3, -0.25) is 0 Å². The molecule has 1 aromatic heterocycles. The molecule has 0 saturated carbocycles. The van der Waals surface area contributed by atoms with Crippen molar-refractivity contribution in [3.05, 3.63) is 59.7 Å². The summed E-state index contributed by atoms with van der Waals surface area (Å²) in [6.07, 6.45) is 1.76. The Hall–Kier alpha value is -2.23. The van der Waals surface area contributed by atoms with E-state index < -0.39 is 5.97 Å². The number of carboxylic acid groups (broad SMARTS) is 1. The van der Waals surface area contributed by atoms with Crippen molar-refractivity contribution in [3.63, 3.8) is 0 Å². The lowest BCUT2D eigenvalue weighted by Crippen LogP contribution is -1.93. The molecule has 0 amide bonds. The van der Waals surface area contributed by atoms with Crippen LogP contribution < -0.4 is 0 Å². The maximum Gasteiger partial charge on any atom is 0.335 e. The second-order valence-corrected chi connectivity index (χ2v) is 3.42. The summed E-state index contributed by atoms with van der Waals surface area (Å²) >= 11 is 0. The number of hydrogen-bond acceptors (Lipinski definition) is 3. The Morgan fingerprint density at radius 2 is 1.76 bits per heavy atom.